The van der Waals surface area contributed by atoms with Crippen molar-refractivity contribution in [3.05, 3.63) is 53.6 Å². The highest BCUT2D eigenvalue weighted by Gasteiger charge is 2.28. The molecule has 1 N–H and O–H groups in total. The number of nitrogens with zero attached hydrogens (tertiary/aromatic N) is 1. The lowest BCUT2D eigenvalue weighted by atomic mass is 10.0. The van der Waals surface area contributed by atoms with Crippen LogP contribution in [0.3, 0.4) is 0 Å². The number of ether oxygens (including phenoxy) is 1. The van der Waals surface area contributed by atoms with Crippen LogP contribution < -0.4 is 14.4 Å². The predicted octanol–water partition coefficient (Wildman–Crippen LogP) is 3.68. The third-order valence-corrected chi connectivity index (χ3v) is 6.67. The van der Waals surface area contributed by atoms with E-state index in [1.165, 1.54) is 9.87 Å². The highest BCUT2D eigenvalue weighted by atomic mass is 32.2. The van der Waals surface area contributed by atoms with Crippen LogP contribution in [0.15, 0.2) is 42.5 Å². The first-order valence-corrected chi connectivity index (χ1v) is 11.0. The Balaban J connectivity index is 1.64. The molecule has 0 aromatic heterocycles. The molecule has 7 heteroatoms. The lowest BCUT2D eigenvalue weighted by Gasteiger charge is -2.19. The molecule has 0 atom stereocenters. The second kappa shape index (κ2) is 8.22. The average molecular weight is 403 g/mol. The number of nitrogens with one attached hydrogen (secondary N) is 1. The molecule has 2 aromatic rings. The van der Waals surface area contributed by atoms with Gasteiger partial charge in [-0.05, 0) is 54.7 Å². The third kappa shape index (κ3) is 4.65. The van der Waals surface area contributed by atoms with Crippen molar-refractivity contribution in [2.24, 2.45) is 0 Å². The van der Waals surface area contributed by atoms with Crippen molar-refractivity contribution in [1.29, 1.82) is 0 Å². The number of sulfonamides is 1. The first-order valence-electron chi connectivity index (χ1n) is 9.40. The first-order chi connectivity index (χ1) is 13.3. The number of amides is 1. The smallest absolute Gasteiger partial charge is 0.262 e. The van der Waals surface area contributed by atoms with Gasteiger partial charge in [-0.15, -0.1) is 0 Å². The fourth-order valence-corrected chi connectivity index (χ4v) is 4.67. The van der Waals surface area contributed by atoms with Crippen LogP contribution in [0.4, 0.5) is 11.4 Å². The van der Waals surface area contributed by atoms with Crippen molar-refractivity contribution in [3.8, 4) is 5.75 Å². The molecule has 2 aromatic carbocycles. The predicted molar refractivity (Wildman–Crippen MR) is 112 cm³/mol. The van der Waals surface area contributed by atoms with Crippen molar-refractivity contribution in [2.45, 2.75) is 33.1 Å². The van der Waals surface area contributed by atoms with Crippen LogP contribution in [-0.2, 0) is 14.8 Å². The number of carbonyl (C=O) groups excluding carboxylic acids is 1. The summed E-state index contributed by atoms with van der Waals surface area (Å²) in [5.74, 6) is 0.934. The molecule has 0 bridgehead atoms. The van der Waals surface area contributed by atoms with E-state index >= 15 is 0 Å². The molecule has 1 aliphatic rings. The lowest BCUT2D eigenvalue weighted by molar-refractivity contribution is -0.118. The van der Waals surface area contributed by atoms with Gasteiger partial charge in [0.05, 0.1) is 11.4 Å². The van der Waals surface area contributed by atoms with Gasteiger partial charge < -0.3 is 10.1 Å². The van der Waals surface area contributed by atoms with Gasteiger partial charge in [0.1, 0.15) is 5.75 Å². The van der Waals surface area contributed by atoms with Crippen molar-refractivity contribution in [3.63, 3.8) is 0 Å². The highest BCUT2D eigenvalue weighted by Crippen LogP contribution is 2.28. The maximum absolute atomic E-state index is 12.3. The van der Waals surface area contributed by atoms with Gasteiger partial charge in [-0.2, -0.15) is 0 Å². The molecule has 0 radical (unpaired) electrons. The topological polar surface area (TPSA) is 75.7 Å². The molecular formula is C21H26N2O4S. The molecule has 1 saturated heterocycles. The average Bonchev–Trinajstić information content (AvgIpc) is 3.01. The molecule has 0 saturated carbocycles. The summed E-state index contributed by atoms with van der Waals surface area (Å²) in [6.45, 7) is 6.45. The van der Waals surface area contributed by atoms with Crippen molar-refractivity contribution in [2.75, 3.05) is 28.5 Å². The van der Waals surface area contributed by atoms with Crippen molar-refractivity contribution in [1.82, 2.24) is 0 Å². The first kappa shape index (κ1) is 20.2. The van der Waals surface area contributed by atoms with Crippen LogP contribution in [-0.4, -0.2) is 33.2 Å². The second-order valence-corrected chi connectivity index (χ2v) is 9.31. The fraction of sp³-hybridized carbons (Fsp3) is 0.381. The van der Waals surface area contributed by atoms with Gasteiger partial charge >= 0.3 is 0 Å². The molecule has 1 fully saturated rings. The molecular weight excluding hydrogens is 376 g/mol. The molecule has 1 amide bonds. The number of anilines is 2. The second-order valence-electron chi connectivity index (χ2n) is 7.30. The van der Waals surface area contributed by atoms with Gasteiger partial charge in [-0.25, -0.2) is 8.42 Å². The zero-order chi connectivity index (χ0) is 20.3. The standard InChI is InChI=1S/C21H26N2O4S/c1-15(2)17-6-9-19(10-7-17)27-14-21(24)22-20-13-18(8-5-16(20)3)23-11-4-12-28(23,25)26/h5-10,13,15H,4,11-12,14H2,1-3H3,(H,22,24). The quantitative estimate of drug-likeness (QED) is 0.800. The van der Waals surface area contributed by atoms with Crippen LogP contribution in [0.1, 0.15) is 37.3 Å². The molecule has 28 heavy (non-hydrogen) atoms. The lowest BCUT2D eigenvalue weighted by Crippen LogP contribution is -2.25. The Kier molecular flexibility index (Phi) is 5.93. The molecule has 0 spiro atoms. The van der Waals surface area contributed by atoms with Gasteiger partial charge in [0.2, 0.25) is 10.0 Å². The third-order valence-electron chi connectivity index (χ3n) is 4.80. The zero-order valence-electron chi connectivity index (χ0n) is 16.4. The van der Waals surface area contributed by atoms with Crippen LogP contribution >= 0.6 is 0 Å². The van der Waals surface area contributed by atoms with E-state index in [0.717, 1.165) is 5.56 Å². The Morgan fingerprint density at radius 3 is 2.50 bits per heavy atom. The number of hydrogen-bond donors (Lipinski definition) is 1. The van der Waals surface area contributed by atoms with Gasteiger partial charge in [0.25, 0.3) is 5.91 Å². The Bertz CT molecular complexity index is 953. The summed E-state index contributed by atoms with van der Waals surface area (Å²) in [5, 5.41) is 2.82. The minimum atomic E-state index is -3.26. The van der Waals surface area contributed by atoms with E-state index in [-0.39, 0.29) is 18.3 Å². The minimum Gasteiger partial charge on any atom is -0.484 e. The molecule has 1 aliphatic heterocycles. The summed E-state index contributed by atoms with van der Waals surface area (Å²) in [4.78, 5) is 12.3. The number of carbonyl (C=O) groups is 1. The number of hydrogen-bond acceptors (Lipinski definition) is 4. The zero-order valence-corrected chi connectivity index (χ0v) is 17.3. The molecule has 150 valence electrons. The largest absolute Gasteiger partial charge is 0.484 e. The monoisotopic (exact) mass is 402 g/mol. The minimum absolute atomic E-state index is 0.118. The number of rotatable bonds is 6. The van der Waals surface area contributed by atoms with E-state index in [1.807, 2.05) is 37.3 Å². The molecule has 6 nitrogen and oxygen atoms in total. The number of aryl methyl sites for hydroxylation is 1. The SMILES string of the molecule is Cc1ccc(N2CCCS2(=O)=O)cc1NC(=O)COc1ccc(C(C)C)cc1. The van der Waals surface area contributed by atoms with Crippen molar-refractivity contribution >= 4 is 27.3 Å². The maximum Gasteiger partial charge on any atom is 0.262 e. The Morgan fingerprint density at radius 2 is 1.89 bits per heavy atom. The molecule has 0 unspecified atom stereocenters. The van der Waals surface area contributed by atoms with Crippen LogP contribution in [0.2, 0.25) is 0 Å². The fourth-order valence-electron chi connectivity index (χ4n) is 3.11. The number of benzene rings is 2. The van der Waals surface area contributed by atoms with E-state index in [9.17, 15) is 13.2 Å². The van der Waals surface area contributed by atoms with Crippen LogP contribution in [0.25, 0.3) is 0 Å². The van der Waals surface area contributed by atoms with E-state index in [4.69, 9.17) is 4.74 Å². The van der Waals surface area contributed by atoms with E-state index < -0.39 is 10.0 Å². The van der Waals surface area contributed by atoms with E-state index in [2.05, 4.69) is 19.2 Å². The Morgan fingerprint density at radius 1 is 1.18 bits per heavy atom. The van der Waals surface area contributed by atoms with Crippen LogP contribution in [0, 0.1) is 6.92 Å². The van der Waals surface area contributed by atoms with Gasteiger partial charge in [0.15, 0.2) is 6.61 Å². The van der Waals surface area contributed by atoms with Crippen molar-refractivity contribution < 1.29 is 17.9 Å². The Hall–Kier alpha value is -2.54. The summed E-state index contributed by atoms with van der Waals surface area (Å²) >= 11 is 0. The highest BCUT2D eigenvalue weighted by molar-refractivity contribution is 7.93. The van der Waals surface area contributed by atoms with E-state index in [0.29, 0.717) is 36.0 Å². The van der Waals surface area contributed by atoms with E-state index in [1.54, 1.807) is 12.1 Å². The Labute approximate surface area is 166 Å². The summed E-state index contributed by atoms with van der Waals surface area (Å²) in [7, 11) is -3.26. The van der Waals surface area contributed by atoms with Crippen LogP contribution in [0.5, 0.6) is 5.75 Å². The summed E-state index contributed by atoms with van der Waals surface area (Å²) in [6.07, 6.45) is 0.612. The maximum atomic E-state index is 12.3. The molecule has 0 aliphatic carbocycles. The molecule has 3 rings (SSSR count). The summed E-state index contributed by atoms with van der Waals surface area (Å²) < 4.78 is 31.2. The summed E-state index contributed by atoms with van der Waals surface area (Å²) in [5.41, 5.74) is 3.23. The van der Waals surface area contributed by atoms with Gasteiger partial charge in [0, 0.05) is 12.2 Å². The summed E-state index contributed by atoms with van der Waals surface area (Å²) in [6, 6.07) is 13.0. The normalized spacial score (nSPS) is 15.6. The molecule has 1 heterocycles. The van der Waals surface area contributed by atoms with Gasteiger partial charge in [-0.3, -0.25) is 9.10 Å². The van der Waals surface area contributed by atoms with Gasteiger partial charge in [-0.1, -0.05) is 32.0 Å².